The van der Waals surface area contributed by atoms with Crippen molar-refractivity contribution >= 4 is 34.2 Å². The van der Waals surface area contributed by atoms with E-state index < -0.39 is 0 Å². The molecule has 0 aliphatic heterocycles. The van der Waals surface area contributed by atoms with E-state index in [0.717, 1.165) is 16.7 Å². The molecule has 0 saturated heterocycles. The zero-order valence-electron chi connectivity index (χ0n) is 11.3. The quantitative estimate of drug-likeness (QED) is 0.627. The number of nitrogens with zero attached hydrogens (tertiary/aromatic N) is 3. The van der Waals surface area contributed by atoms with Crippen molar-refractivity contribution in [2.45, 2.75) is 6.92 Å². The molecule has 1 aromatic carbocycles. The molecular weight excluding hydrogens is 377 g/mol. The monoisotopic (exact) mass is 389 g/mol. The smallest absolute Gasteiger partial charge is 0.251 e. The number of pyridine rings is 1. The molecule has 0 aliphatic carbocycles. The first kappa shape index (κ1) is 13.9. The lowest BCUT2D eigenvalue weighted by Crippen LogP contribution is -1.82. The van der Waals surface area contributed by atoms with Gasteiger partial charge in [-0.3, -0.25) is 4.98 Å². The van der Waals surface area contributed by atoms with E-state index in [1.807, 2.05) is 55.6 Å². The molecule has 0 atom stereocenters. The molecule has 0 bridgehead atoms. The third-order valence-corrected chi connectivity index (χ3v) is 3.72. The van der Waals surface area contributed by atoms with Gasteiger partial charge >= 0.3 is 0 Å². The summed E-state index contributed by atoms with van der Waals surface area (Å²) in [5.74, 6) is 1.08. The van der Waals surface area contributed by atoms with Crippen LogP contribution in [0, 0.1) is 3.57 Å². The molecule has 0 unspecified atom stereocenters. The average Bonchev–Trinajstić information content (AvgIpc) is 2.97. The normalized spacial score (nSPS) is 11.6. The molecule has 104 valence electrons. The molecular formula is C16H12IN3O. The maximum atomic E-state index is 5.28. The van der Waals surface area contributed by atoms with Crippen molar-refractivity contribution in [1.29, 1.82) is 0 Å². The fraction of sp³-hybridized carbons (Fsp3) is 0.0625. The Morgan fingerprint density at radius 3 is 2.71 bits per heavy atom. The second-order valence-electron chi connectivity index (χ2n) is 4.53. The second kappa shape index (κ2) is 6.17. The van der Waals surface area contributed by atoms with E-state index in [0.29, 0.717) is 11.7 Å². The highest BCUT2D eigenvalue weighted by Gasteiger charge is 2.07. The van der Waals surface area contributed by atoms with E-state index in [1.165, 1.54) is 3.57 Å². The van der Waals surface area contributed by atoms with Gasteiger partial charge in [0, 0.05) is 27.6 Å². The minimum absolute atomic E-state index is 0.491. The lowest BCUT2D eigenvalue weighted by molar-refractivity contribution is 0.411. The summed E-state index contributed by atoms with van der Waals surface area (Å²) in [4.78, 5) is 8.50. The van der Waals surface area contributed by atoms with Gasteiger partial charge in [0.2, 0.25) is 5.82 Å². The standard InChI is InChI=1S/C16H12IN3O/c1-11(13-3-2-8-18-10-13)9-15-19-16(20-21-15)12-4-6-14(17)7-5-12/h2-10H,1H3/b11-9-. The second-order valence-corrected chi connectivity index (χ2v) is 5.78. The Bertz CT molecular complexity index is 764. The van der Waals surface area contributed by atoms with Crippen molar-refractivity contribution in [1.82, 2.24) is 15.1 Å². The number of rotatable bonds is 3. The third-order valence-electron chi connectivity index (χ3n) is 3.00. The summed E-state index contributed by atoms with van der Waals surface area (Å²) in [5.41, 5.74) is 3.00. The van der Waals surface area contributed by atoms with Crippen LogP contribution in [0.4, 0.5) is 0 Å². The largest absolute Gasteiger partial charge is 0.334 e. The molecule has 4 nitrogen and oxygen atoms in total. The molecule has 0 amide bonds. The number of hydrogen-bond donors (Lipinski definition) is 0. The Kier molecular flexibility index (Phi) is 4.10. The zero-order chi connectivity index (χ0) is 14.7. The number of hydrogen-bond acceptors (Lipinski definition) is 4. The molecule has 21 heavy (non-hydrogen) atoms. The Morgan fingerprint density at radius 2 is 2.00 bits per heavy atom. The summed E-state index contributed by atoms with van der Waals surface area (Å²) in [7, 11) is 0. The lowest BCUT2D eigenvalue weighted by Gasteiger charge is -1.97. The maximum absolute atomic E-state index is 5.28. The third kappa shape index (κ3) is 3.36. The Labute approximate surface area is 136 Å². The van der Waals surface area contributed by atoms with Crippen LogP contribution in [0.2, 0.25) is 0 Å². The summed E-state index contributed by atoms with van der Waals surface area (Å²) in [6.45, 7) is 1.99. The molecule has 2 aromatic heterocycles. The van der Waals surface area contributed by atoms with Crippen LogP contribution in [0.15, 0.2) is 53.3 Å². The van der Waals surface area contributed by atoms with E-state index in [2.05, 4.69) is 37.7 Å². The van der Waals surface area contributed by atoms with Gasteiger partial charge in [0.25, 0.3) is 5.89 Å². The molecule has 0 spiro atoms. The van der Waals surface area contributed by atoms with Gasteiger partial charge in [-0.2, -0.15) is 4.98 Å². The summed E-state index contributed by atoms with van der Waals surface area (Å²) >= 11 is 2.26. The lowest BCUT2D eigenvalue weighted by atomic mass is 10.1. The molecule has 5 heteroatoms. The number of halogens is 1. The molecule has 3 aromatic rings. The van der Waals surface area contributed by atoms with Crippen LogP contribution in [0.3, 0.4) is 0 Å². The molecule has 0 aliphatic rings. The van der Waals surface area contributed by atoms with E-state index in [-0.39, 0.29) is 0 Å². The van der Waals surface area contributed by atoms with Crippen LogP contribution >= 0.6 is 22.6 Å². The van der Waals surface area contributed by atoms with Gasteiger partial charge in [0.05, 0.1) is 0 Å². The van der Waals surface area contributed by atoms with Gasteiger partial charge < -0.3 is 4.52 Å². The van der Waals surface area contributed by atoms with Gasteiger partial charge in [-0.1, -0.05) is 23.4 Å². The van der Waals surface area contributed by atoms with Gasteiger partial charge in [0.15, 0.2) is 0 Å². The van der Waals surface area contributed by atoms with E-state index in [1.54, 1.807) is 6.20 Å². The fourth-order valence-corrected chi connectivity index (χ4v) is 2.23. The maximum Gasteiger partial charge on any atom is 0.251 e. The predicted molar refractivity (Wildman–Crippen MR) is 90.2 cm³/mol. The Hall–Kier alpha value is -2.02. The Balaban J connectivity index is 1.87. The van der Waals surface area contributed by atoms with E-state index in [9.17, 15) is 0 Å². The first-order valence-electron chi connectivity index (χ1n) is 6.41. The summed E-state index contributed by atoms with van der Waals surface area (Å²) < 4.78 is 6.46. The van der Waals surface area contributed by atoms with Crippen LogP contribution in [0.1, 0.15) is 18.4 Å². The van der Waals surface area contributed by atoms with Crippen LogP contribution < -0.4 is 0 Å². The molecule has 2 heterocycles. The SMILES string of the molecule is C/C(=C/c1nc(-c2ccc(I)cc2)no1)c1cccnc1. The molecule has 0 fully saturated rings. The summed E-state index contributed by atoms with van der Waals surface area (Å²) in [6.07, 6.45) is 5.42. The number of benzene rings is 1. The minimum Gasteiger partial charge on any atom is -0.334 e. The van der Waals surface area contributed by atoms with Crippen molar-refractivity contribution in [3.05, 3.63) is 63.8 Å². The summed E-state index contributed by atoms with van der Waals surface area (Å²) in [6, 6.07) is 11.9. The topological polar surface area (TPSA) is 51.8 Å². The first-order valence-corrected chi connectivity index (χ1v) is 7.48. The van der Waals surface area contributed by atoms with Crippen molar-refractivity contribution in [3.63, 3.8) is 0 Å². The zero-order valence-corrected chi connectivity index (χ0v) is 13.5. The van der Waals surface area contributed by atoms with Crippen molar-refractivity contribution < 1.29 is 4.52 Å². The Morgan fingerprint density at radius 1 is 1.19 bits per heavy atom. The van der Waals surface area contributed by atoms with Crippen molar-refractivity contribution in [2.24, 2.45) is 0 Å². The number of aromatic nitrogens is 3. The molecule has 3 rings (SSSR count). The number of allylic oxidation sites excluding steroid dienone is 1. The van der Waals surface area contributed by atoms with Crippen molar-refractivity contribution in [2.75, 3.05) is 0 Å². The van der Waals surface area contributed by atoms with Crippen LogP contribution in [0.5, 0.6) is 0 Å². The van der Waals surface area contributed by atoms with Crippen LogP contribution in [-0.4, -0.2) is 15.1 Å². The van der Waals surface area contributed by atoms with E-state index >= 15 is 0 Å². The van der Waals surface area contributed by atoms with Gasteiger partial charge in [-0.05, 0) is 58.9 Å². The van der Waals surface area contributed by atoms with Crippen LogP contribution in [0.25, 0.3) is 23.0 Å². The van der Waals surface area contributed by atoms with E-state index in [4.69, 9.17) is 4.52 Å². The fourth-order valence-electron chi connectivity index (χ4n) is 1.87. The highest BCUT2D eigenvalue weighted by atomic mass is 127. The highest BCUT2D eigenvalue weighted by Crippen LogP contribution is 2.20. The molecule has 0 N–H and O–H groups in total. The molecule has 0 saturated carbocycles. The predicted octanol–water partition coefficient (Wildman–Crippen LogP) is 4.30. The average molecular weight is 389 g/mol. The van der Waals surface area contributed by atoms with Gasteiger partial charge in [-0.25, -0.2) is 0 Å². The van der Waals surface area contributed by atoms with Gasteiger partial charge in [0.1, 0.15) is 0 Å². The van der Waals surface area contributed by atoms with Gasteiger partial charge in [-0.15, -0.1) is 0 Å². The van der Waals surface area contributed by atoms with Crippen molar-refractivity contribution in [3.8, 4) is 11.4 Å². The van der Waals surface area contributed by atoms with Crippen LogP contribution in [-0.2, 0) is 0 Å². The first-order chi connectivity index (χ1) is 10.2. The minimum atomic E-state index is 0.491. The summed E-state index contributed by atoms with van der Waals surface area (Å²) in [5, 5.41) is 4.01. The molecule has 0 radical (unpaired) electrons. The highest BCUT2D eigenvalue weighted by molar-refractivity contribution is 14.1.